The van der Waals surface area contributed by atoms with Gasteiger partial charge in [-0.2, -0.15) is 5.10 Å². The molecule has 0 aliphatic carbocycles. The summed E-state index contributed by atoms with van der Waals surface area (Å²) in [6.07, 6.45) is 5.46. The third-order valence-corrected chi connectivity index (χ3v) is 5.24. The summed E-state index contributed by atoms with van der Waals surface area (Å²) in [5.74, 6) is 1.14. The molecule has 2 aromatic carbocycles. The van der Waals surface area contributed by atoms with Crippen LogP contribution in [0.3, 0.4) is 0 Å². The Morgan fingerprint density at radius 2 is 1.94 bits per heavy atom. The Morgan fingerprint density at radius 3 is 2.65 bits per heavy atom. The summed E-state index contributed by atoms with van der Waals surface area (Å²) in [5.41, 5.74) is 3.31. The maximum Gasteiger partial charge on any atom is 0.255 e. The highest BCUT2D eigenvalue weighted by Crippen LogP contribution is 2.31. The van der Waals surface area contributed by atoms with E-state index >= 15 is 0 Å². The largest absolute Gasteiger partial charge is 0.496 e. The minimum Gasteiger partial charge on any atom is -0.496 e. The van der Waals surface area contributed by atoms with Crippen LogP contribution in [0.15, 0.2) is 67.1 Å². The molecule has 0 unspecified atom stereocenters. The van der Waals surface area contributed by atoms with Crippen molar-refractivity contribution in [3.05, 3.63) is 77.7 Å². The lowest BCUT2D eigenvalue weighted by molar-refractivity contribution is 0.0949. The van der Waals surface area contributed by atoms with Crippen molar-refractivity contribution in [3.63, 3.8) is 0 Å². The number of carbonyl (C=O) groups excluding carboxylic acids is 1. The molecule has 158 valence electrons. The number of aromatic nitrogens is 4. The number of amides is 1. The number of halogens is 1. The van der Waals surface area contributed by atoms with Crippen LogP contribution < -0.4 is 10.1 Å². The highest BCUT2D eigenvalue weighted by molar-refractivity contribution is 6.30. The van der Waals surface area contributed by atoms with E-state index in [1.165, 1.54) is 0 Å². The van der Waals surface area contributed by atoms with Gasteiger partial charge in [0, 0.05) is 36.6 Å². The number of carbonyl (C=O) groups is 1. The summed E-state index contributed by atoms with van der Waals surface area (Å²) in [4.78, 5) is 17.1. The highest BCUT2D eigenvalue weighted by atomic mass is 35.5. The van der Waals surface area contributed by atoms with Crippen LogP contribution in [-0.2, 0) is 13.6 Å². The van der Waals surface area contributed by atoms with Crippen molar-refractivity contribution >= 4 is 17.5 Å². The number of ether oxygens (including phenoxy) is 1. The maximum atomic E-state index is 12.6. The number of nitrogens with one attached hydrogen (secondary N) is 1. The van der Waals surface area contributed by atoms with E-state index in [0.29, 0.717) is 29.4 Å². The van der Waals surface area contributed by atoms with E-state index in [2.05, 4.69) is 15.4 Å². The molecule has 1 N–H and O–H groups in total. The molecule has 4 aromatic rings. The molecule has 0 aliphatic rings. The summed E-state index contributed by atoms with van der Waals surface area (Å²) < 4.78 is 9.07. The number of hydrogen-bond donors (Lipinski definition) is 1. The zero-order valence-corrected chi connectivity index (χ0v) is 18.0. The van der Waals surface area contributed by atoms with E-state index in [0.717, 1.165) is 22.6 Å². The molecule has 0 aliphatic heterocycles. The number of imidazole rings is 1. The lowest BCUT2D eigenvalue weighted by atomic mass is 10.1. The quantitative estimate of drug-likeness (QED) is 0.475. The normalized spacial score (nSPS) is 10.8. The molecule has 0 saturated heterocycles. The van der Waals surface area contributed by atoms with Crippen molar-refractivity contribution in [1.29, 1.82) is 0 Å². The Morgan fingerprint density at radius 1 is 1.16 bits per heavy atom. The van der Waals surface area contributed by atoms with E-state index in [9.17, 15) is 4.79 Å². The molecule has 0 radical (unpaired) electrons. The van der Waals surface area contributed by atoms with Crippen LogP contribution in [-0.4, -0.2) is 38.9 Å². The van der Waals surface area contributed by atoms with Crippen molar-refractivity contribution in [2.24, 2.45) is 7.05 Å². The monoisotopic (exact) mass is 435 g/mol. The fourth-order valence-electron chi connectivity index (χ4n) is 3.43. The molecule has 4 rings (SSSR count). The van der Waals surface area contributed by atoms with Gasteiger partial charge in [-0.15, -0.1) is 0 Å². The molecule has 8 heteroatoms. The zero-order valence-electron chi connectivity index (χ0n) is 17.2. The molecule has 7 nitrogen and oxygen atoms in total. The van der Waals surface area contributed by atoms with Gasteiger partial charge in [-0.3, -0.25) is 9.48 Å². The molecular formula is C23H22ClN5O2. The Balaban J connectivity index is 1.58. The van der Waals surface area contributed by atoms with E-state index in [1.807, 2.05) is 65.1 Å². The van der Waals surface area contributed by atoms with Gasteiger partial charge < -0.3 is 14.6 Å². The van der Waals surface area contributed by atoms with Crippen molar-refractivity contribution < 1.29 is 9.53 Å². The Bertz CT molecular complexity index is 1200. The smallest absolute Gasteiger partial charge is 0.255 e. The van der Waals surface area contributed by atoms with E-state index < -0.39 is 0 Å². The molecular weight excluding hydrogens is 414 g/mol. The van der Waals surface area contributed by atoms with Gasteiger partial charge in [-0.1, -0.05) is 35.9 Å². The molecule has 2 aromatic heterocycles. The van der Waals surface area contributed by atoms with Gasteiger partial charge in [0.25, 0.3) is 5.91 Å². The standard InChI is InChI=1S/C23H22ClN5O2/c1-28-13-11-25-22(28)21-19(16-7-9-17(24)10-8-16)15-27-29(21)14-12-26-23(30)18-5-3-4-6-20(18)31-2/h3-11,13,15H,12,14H2,1-2H3,(H,26,30). The average molecular weight is 436 g/mol. The average Bonchev–Trinajstić information content (AvgIpc) is 3.39. The first-order valence-electron chi connectivity index (χ1n) is 9.79. The fraction of sp³-hybridized carbons (Fsp3) is 0.174. The third-order valence-electron chi connectivity index (χ3n) is 4.99. The summed E-state index contributed by atoms with van der Waals surface area (Å²) in [6.45, 7) is 0.882. The predicted octanol–water partition coefficient (Wildman–Crippen LogP) is 4.04. The summed E-state index contributed by atoms with van der Waals surface area (Å²) in [6, 6.07) is 14.8. The first-order valence-corrected chi connectivity index (χ1v) is 10.2. The Kier molecular flexibility index (Phi) is 6.04. The van der Waals surface area contributed by atoms with Crippen molar-refractivity contribution in [3.8, 4) is 28.4 Å². The third kappa shape index (κ3) is 4.32. The molecule has 2 heterocycles. The van der Waals surface area contributed by atoms with E-state index in [4.69, 9.17) is 16.3 Å². The van der Waals surface area contributed by atoms with Crippen LogP contribution in [0.4, 0.5) is 0 Å². The van der Waals surface area contributed by atoms with E-state index in [1.54, 1.807) is 25.4 Å². The van der Waals surface area contributed by atoms with Crippen LogP contribution in [0.1, 0.15) is 10.4 Å². The van der Waals surface area contributed by atoms with Crippen LogP contribution in [0.5, 0.6) is 5.75 Å². The number of nitrogens with zero attached hydrogens (tertiary/aromatic N) is 4. The molecule has 0 saturated carbocycles. The Labute approximate surface area is 185 Å². The number of aryl methyl sites for hydroxylation is 1. The first kappa shape index (κ1) is 20.7. The lowest BCUT2D eigenvalue weighted by Gasteiger charge is -2.12. The zero-order chi connectivity index (χ0) is 21.8. The van der Waals surface area contributed by atoms with Gasteiger partial charge in [0.2, 0.25) is 0 Å². The summed E-state index contributed by atoms with van der Waals surface area (Å²) in [7, 11) is 3.49. The van der Waals surface area contributed by atoms with Gasteiger partial charge >= 0.3 is 0 Å². The molecule has 0 atom stereocenters. The minimum absolute atomic E-state index is 0.193. The number of methoxy groups -OCH3 is 1. The summed E-state index contributed by atoms with van der Waals surface area (Å²) >= 11 is 6.05. The molecule has 0 fully saturated rings. The summed E-state index contributed by atoms with van der Waals surface area (Å²) in [5, 5.41) is 8.19. The van der Waals surface area contributed by atoms with E-state index in [-0.39, 0.29) is 5.91 Å². The van der Waals surface area contributed by atoms with Crippen LogP contribution in [0.2, 0.25) is 5.02 Å². The number of para-hydroxylation sites is 1. The van der Waals surface area contributed by atoms with Gasteiger partial charge in [-0.25, -0.2) is 4.98 Å². The molecule has 31 heavy (non-hydrogen) atoms. The van der Waals surface area contributed by atoms with Crippen molar-refractivity contribution in [2.75, 3.05) is 13.7 Å². The second kappa shape index (κ2) is 9.06. The second-order valence-electron chi connectivity index (χ2n) is 6.95. The topological polar surface area (TPSA) is 74.0 Å². The van der Waals surface area contributed by atoms with Crippen molar-refractivity contribution in [2.45, 2.75) is 6.54 Å². The lowest BCUT2D eigenvalue weighted by Crippen LogP contribution is -2.28. The number of rotatable bonds is 7. The highest BCUT2D eigenvalue weighted by Gasteiger charge is 2.18. The van der Waals surface area contributed by atoms with Crippen LogP contribution in [0, 0.1) is 0 Å². The van der Waals surface area contributed by atoms with Gasteiger partial charge in [0.15, 0.2) is 5.82 Å². The van der Waals surface area contributed by atoms with Gasteiger partial charge in [0.1, 0.15) is 11.4 Å². The van der Waals surface area contributed by atoms with Crippen LogP contribution in [0.25, 0.3) is 22.6 Å². The van der Waals surface area contributed by atoms with Gasteiger partial charge in [0.05, 0.1) is 25.4 Å². The molecule has 0 spiro atoms. The predicted molar refractivity (Wildman–Crippen MR) is 120 cm³/mol. The van der Waals surface area contributed by atoms with Crippen LogP contribution >= 0.6 is 11.6 Å². The SMILES string of the molecule is COc1ccccc1C(=O)NCCn1ncc(-c2ccc(Cl)cc2)c1-c1nccn1C. The fourth-order valence-corrected chi connectivity index (χ4v) is 3.55. The number of benzene rings is 2. The molecule has 0 bridgehead atoms. The minimum atomic E-state index is -0.193. The first-order chi connectivity index (χ1) is 15.1. The maximum absolute atomic E-state index is 12.6. The molecule has 1 amide bonds. The second-order valence-corrected chi connectivity index (χ2v) is 7.39. The number of hydrogen-bond acceptors (Lipinski definition) is 4. The van der Waals surface area contributed by atoms with Crippen molar-refractivity contribution in [1.82, 2.24) is 24.6 Å². The Hall–Kier alpha value is -3.58. The van der Waals surface area contributed by atoms with Gasteiger partial charge in [-0.05, 0) is 29.8 Å².